The highest BCUT2D eigenvalue weighted by atomic mass is 16.5. The molecule has 1 aromatic carbocycles. The number of pyridine rings is 1. The quantitative estimate of drug-likeness (QED) is 0.480. The summed E-state index contributed by atoms with van der Waals surface area (Å²) in [5.41, 5.74) is 8.57. The van der Waals surface area contributed by atoms with E-state index in [-0.39, 0.29) is 6.10 Å². The average Bonchev–Trinajstić information content (AvgIpc) is 3.29. The summed E-state index contributed by atoms with van der Waals surface area (Å²) in [6.07, 6.45) is 7.73. The van der Waals surface area contributed by atoms with Crippen LogP contribution in [0.25, 0.3) is 0 Å². The van der Waals surface area contributed by atoms with Crippen LogP contribution in [0.1, 0.15) is 43.9 Å². The van der Waals surface area contributed by atoms with E-state index in [2.05, 4.69) is 15.0 Å². The zero-order chi connectivity index (χ0) is 21.1. The number of ether oxygens (including phenoxy) is 1. The van der Waals surface area contributed by atoms with Crippen molar-refractivity contribution in [1.29, 1.82) is 5.41 Å². The summed E-state index contributed by atoms with van der Waals surface area (Å²) < 4.78 is 7.82. The van der Waals surface area contributed by atoms with Gasteiger partial charge < -0.3 is 15.4 Å². The molecule has 0 saturated carbocycles. The number of nitrogen functional groups attached to an aromatic ring is 1. The van der Waals surface area contributed by atoms with Gasteiger partial charge in [-0.15, -0.1) is 0 Å². The topological polar surface area (TPSA) is 93.0 Å². The monoisotopic (exact) mass is 404 g/mol. The lowest BCUT2D eigenvalue weighted by Crippen LogP contribution is -2.35. The van der Waals surface area contributed by atoms with Gasteiger partial charge in [-0.25, -0.2) is 4.98 Å². The van der Waals surface area contributed by atoms with Crippen molar-refractivity contribution in [3.63, 3.8) is 0 Å². The second-order valence-electron chi connectivity index (χ2n) is 7.90. The molecule has 4 rings (SSSR count). The van der Waals surface area contributed by atoms with Gasteiger partial charge in [0.05, 0.1) is 17.9 Å². The molecule has 1 fully saturated rings. The molecule has 7 heteroatoms. The number of anilines is 2. The van der Waals surface area contributed by atoms with E-state index in [1.54, 1.807) is 12.3 Å². The van der Waals surface area contributed by atoms with Crippen molar-refractivity contribution in [2.75, 3.05) is 23.7 Å². The zero-order valence-electron chi connectivity index (χ0n) is 17.5. The molecule has 0 bridgehead atoms. The first-order valence-corrected chi connectivity index (χ1v) is 10.4. The summed E-state index contributed by atoms with van der Waals surface area (Å²) in [5.74, 6) is 1.61. The minimum Gasteiger partial charge on any atom is -0.491 e. The van der Waals surface area contributed by atoms with Crippen molar-refractivity contribution in [2.45, 2.75) is 38.8 Å². The second kappa shape index (κ2) is 8.57. The zero-order valence-corrected chi connectivity index (χ0v) is 17.5. The van der Waals surface area contributed by atoms with Gasteiger partial charge in [0.25, 0.3) is 0 Å². The van der Waals surface area contributed by atoms with Crippen molar-refractivity contribution in [1.82, 2.24) is 14.8 Å². The molecule has 0 unspecified atom stereocenters. The van der Waals surface area contributed by atoms with Crippen molar-refractivity contribution in [3.05, 3.63) is 66.1 Å². The summed E-state index contributed by atoms with van der Waals surface area (Å²) in [7, 11) is 0. The Morgan fingerprint density at radius 2 is 1.97 bits per heavy atom. The molecule has 30 heavy (non-hydrogen) atoms. The fraction of sp³-hybridized carbons (Fsp3) is 0.348. The van der Waals surface area contributed by atoms with E-state index in [1.807, 2.05) is 61.3 Å². The Morgan fingerprint density at radius 1 is 1.17 bits per heavy atom. The second-order valence-corrected chi connectivity index (χ2v) is 7.90. The Hall–Kier alpha value is -3.35. The smallest absolute Gasteiger partial charge is 0.129 e. The van der Waals surface area contributed by atoms with Gasteiger partial charge >= 0.3 is 0 Å². The lowest BCUT2D eigenvalue weighted by Gasteiger charge is -2.33. The molecule has 7 nitrogen and oxygen atoms in total. The largest absolute Gasteiger partial charge is 0.491 e. The molecule has 1 aliphatic rings. The van der Waals surface area contributed by atoms with Crippen LogP contribution in [-0.2, 0) is 0 Å². The van der Waals surface area contributed by atoms with Gasteiger partial charge in [-0.3, -0.25) is 10.1 Å². The molecule has 0 aliphatic carbocycles. The molecule has 0 radical (unpaired) electrons. The van der Waals surface area contributed by atoms with Crippen LogP contribution < -0.4 is 15.4 Å². The lowest BCUT2D eigenvalue weighted by atomic mass is 10.0. The molecule has 0 amide bonds. The molecule has 3 heterocycles. The number of nitrogens with zero attached hydrogens (tertiary/aromatic N) is 4. The summed E-state index contributed by atoms with van der Waals surface area (Å²) in [6.45, 7) is 5.78. The van der Waals surface area contributed by atoms with Gasteiger partial charge in [-0.1, -0.05) is 0 Å². The van der Waals surface area contributed by atoms with Crippen molar-refractivity contribution >= 4 is 17.2 Å². The Bertz CT molecular complexity index is 1010. The van der Waals surface area contributed by atoms with Crippen LogP contribution in [0, 0.1) is 5.41 Å². The van der Waals surface area contributed by atoms with Gasteiger partial charge in [-0.2, -0.15) is 5.10 Å². The summed E-state index contributed by atoms with van der Waals surface area (Å²) in [4.78, 5) is 6.83. The Balaban J connectivity index is 1.50. The third-order valence-electron chi connectivity index (χ3n) is 5.39. The predicted octanol–water partition coefficient (Wildman–Crippen LogP) is 3.91. The van der Waals surface area contributed by atoms with Gasteiger partial charge in [0, 0.05) is 48.5 Å². The predicted molar refractivity (Wildman–Crippen MR) is 119 cm³/mol. The lowest BCUT2D eigenvalue weighted by molar-refractivity contribution is 0.242. The number of hydrogen-bond donors (Lipinski definition) is 2. The van der Waals surface area contributed by atoms with Crippen LogP contribution in [0.2, 0.25) is 0 Å². The third kappa shape index (κ3) is 4.30. The van der Waals surface area contributed by atoms with Gasteiger partial charge in [-0.05, 0) is 63.1 Å². The maximum absolute atomic E-state index is 8.73. The number of piperidine rings is 1. The third-order valence-corrected chi connectivity index (χ3v) is 5.39. The van der Waals surface area contributed by atoms with E-state index in [0.29, 0.717) is 28.8 Å². The normalized spacial score (nSPS) is 14.8. The van der Waals surface area contributed by atoms with Crippen LogP contribution in [0.15, 0.2) is 55.0 Å². The van der Waals surface area contributed by atoms with E-state index in [4.69, 9.17) is 15.9 Å². The van der Waals surface area contributed by atoms with Crippen molar-refractivity contribution in [2.24, 2.45) is 0 Å². The molecule has 156 valence electrons. The van der Waals surface area contributed by atoms with Crippen LogP contribution in [0.4, 0.5) is 11.5 Å². The summed E-state index contributed by atoms with van der Waals surface area (Å²) in [6, 6.07) is 11.7. The molecule has 2 aromatic heterocycles. The Kier molecular flexibility index (Phi) is 5.70. The average molecular weight is 405 g/mol. The van der Waals surface area contributed by atoms with Crippen LogP contribution in [-0.4, -0.2) is 39.7 Å². The number of benzene rings is 1. The van der Waals surface area contributed by atoms with E-state index >= 15 is 0 Å². The molecule has 0 spiro atoms. The van der Waals surface area contributed by atoms with Crippen LogP contribution in [0.5, 0.6) is 5.75 Å². The molecule has 3 N–H and O–H groups in total. The first kappa shape index (κ1) is 19.9. The molecule has 3 aromatic rings. The highest BCUT2D eigenvalue weighted by Crippen LogP contribution is 2.27. The highest BCUT2D eigenvalue weighted by Gasteiger charge is 2.22. The summed E-state index contributed by atoms with van der Waals surface area (Å²) >= 11 is 0. The van der Waals surface area contributed by atoms with E-state index in [9.17, 15) is 0 Å². The van der Waals surface area contributed by atoms with E-state index < -0.39 is 0 Å². The minimum absolute atomic E-state index is 0.0628. The van der Waals surface area contributed by atoms with Crippen molar-refractivity contribution in [3.8, 4) is 5.75 Å². The van der Waals surface area contributed by atoms with Crippen LogP contribution in [0.3, 0.4) is 0 Å². The van der Waals surface area contributed by atoms with Gasteiger partial charge in [0.2, 0.25) is 0 Å². The van der Waals surface area contributed by atoms with E-state index in [1.165, 1.54) is 0 Å². The Labute approximate surface area is 177 Å². The molecular weight excluding hydrogens is 376 g/mol. The number of nitrogens with two attached hydrogens (primary N) is 1. The van der Waals surface area contributed by atoms with E-state index in [0.717, 1.165) is 37.3 Å². The maximum Gasteiger partial charge on any atom is 0.129 e. The van der Waals surface area contributed by atoms with Crippen LogP contribution >= 0.6 is 0 Å². The minimum atomic E-state index is 0.0628. The SMILES string of the molecule is CC(C)Oc1ccc(N)c(C(=N)c2ccnc(N3CCC(n4cccn4)CC3)c2)c1. The number of aromatic nitrogens is 3. The fourth-order valence-electron chi connectivity index (χ4n) is 3.86. The highest BCUT2D eigenvalue weighted by molar-refractivity contribution is 6.14. The standard InChI is InChI=1S/C23H28N6O/c1-16(2)30-19-4-5-21(24)20(15-19)23(25)17-6-10-26-22(14-17)28-12-7-18(8-13-28)29-11-3-9-27-29/h3-6,9-11,14-16,18,25H,7-8,12-13,24H2,1-2H3. The van der Waals surface area contributed by atoms with Gasteiger partial charge in [0.15, 0.2) is 0 Å². The fourth-order valence-corrected chi connectivity index (χ4v) is 3.86. The molecule has 0 atom stereocenters. The Morgan fingerprint density at radius 3 is 2.67 bits per heavy atom. The van der Waals surface area contributed by atoms with Gasteiger partial charge in [0.1, 0.15) is 11.6 Å². The number of rotatable bonds is 6. The first-order valence-electron chi connectivity index (χ1n) is 10.4. The first-order chi connectivity index (χ1) is 14.5. The molecule has 1 saturated heterocycles. The molecule has 1 aliphatic heterocycles. The number of hydrogen-bond acceptors (Lipinski definition) is 6. The van der Waals surface area contributed by atoms with Crippen molar-refractivity contribution < 1.29 is 4.74 Å². The maximum atomic E-state index is 8.73. The number of nitrogens with one attached hydrogen (secondary N) is 1. The molecular formula is C23H28N6O. The summed E-state index contributed by atoms with van der Waals surface area (Å²) in [5, 5.41) is 13.1.